The molecule has 1 amide bonds. The van der Waals surface area contributed by atoms with Gasteiger partial charge >= 0.3 is 12.1 Å². The van der Waals surface area contributed by atoms with Gasteiger partial charge in [-0.2, -0.15) is 0 Å². The van der Waals surface area contributed by atoms with E-state index in [9.17, 15) is 9.59 Å². The van der Waals surface area contributed by atoms with Gasteiger partial charge in [0.15, 0.2) is 0 Å². The maximum atomic E-state index is 12.4. The summed E-state index contributed by atoms with van der Waals surface area (Å²) >= 11 is 0. The van der Waals surface area contributed by atoms with E-state index in [1.54, 1.807) is 4.90 Å². The topological polar surface area (TPSA) is 67.9 Å². The number of esters is 1. The first kappa shape index (κ1) is 14.8. The minimum absolute atomic E-state index is 0.0918. The molecule has 0 unspecified atom stereocenters. The largest absolute Gasteiger partial charge is 0.468 e. The van der Waals surface area contributed by atoms with E-state index in [1.165, 1.54) is 7.11 Å². The van der Waals surface area contributed by atoms with Crippen molar-refractivity contribution in [3.05, 3.63) is 35.9 Å². The van der Waals surface area contributed by atoms with Crippen molar-refractivity contribution in [1.82, 2.24) is 10.2 Å². The van der Waals surface area contributed by atoms with Gasteiger partial charge in [0.05, 0.1) is 13.2 Å². The maximum Gasteiger partial charge on any atom is 0.410 e. The van der Waals surface area contributed by atoms with Crippen LogP contribution in [0.5, 0.6) is 0 Å². The zero-order valence-electron chi connectivity index (χ0n) is 12.5. The summed E-state index contributed by atoms with van der Waals surface area (Å²) in [5, 5.41) is 3.17. The van der Waals surface area contributed by atoms with E-state index in [0.29, 0.717) is 6.54 Å². The van der Waals surface area contributed by atoms with Crippen molar-refractivity contribution >= 4 is 12.1 Å². The van der Waals surface area contributed by atoms with Gasteiger partial charge in [-0.3, -0.25) is 9.69 Å². The van der Waals surface area contributed by atoms with Gasteiger partial charge in [-0.15, -0.1) is 0 Å². The van der Waals surface area contributed by atoms with Crippen molar-refractivity contribution in [2.75, 3.05) is 13.7 Å². The third-order valence-corrected chi connectivity index (χ3v) is 4.38. The van der Waals surface area contributed by atoms with Crippen molar-refractivity contribution < 1.29 is 19.1 Å². The Morgan fingerprint density at radius 3 is 2.77 bits per heavy atom. The molecule has 1 aromatic carbocycles. The Morgan fingerprint density at radius 1 is 1.27 bits per heavy atom. The van der Waals surface area contributed by atoms with Crippen molar-refractivity contribution in [2.24, 2.45) is 0 Å². The molecule has 1 N–H and O–H groups in total. The molecule has 2 aliphatic rings. The highest BCUT2D eigenvalue weighted by Crippen LogP contribution is 2.31. The number of nitrogens with one attached hydrogen (secondary N) is 1. The van der Waals surface area contributed by atoms with Gasteiger partial charge in [0.25, 0.3) is 0 Å². The second-order valence-corrected chi connectivity index (χ2v) is 5.66. The summed E-state index contributed by atoms with van der Waals surface area (Å²) in [5.41, 5.74) is 0.947. The van der Waals surface area contributed by atoms with Gasteiger partial charge in [0.1, 0.15) is 12.6 Å². The van der Waals surface area contributed by atoms with Crippen LogP contribution in [0.2, 0.25) is 0 Å². The van der Waals surface area contributed by atoms with Crippen LogP contribution in [0.25, 0.3) is 0 Å². The number of hydrogen-bond donors (Lipinski definition) is 1. The Hall–Kier alpha value is -2.08. The molecule has 1 aromatic rings. The van der Waals surface area contributed by atoms with E-state index in [2.05, 4.69) is 5.32 Å². The highest BCUT2D eigenvalue weighted by Gasteiger charge is 2.48. The predicted octanol–water partition coefficient (Wildman–Crippen LogP) is 1.30. The Labute approximate surface area is 129 Å². The Bertz CT molecular complexity index is 548. The Kier molecular flexibility index (Phi) is 4.29. The van der Waals surface area contributed by atoms with Gasteiger partial charge in [0.2, 0.25) is 0 Å². The summed E-state index contributed by atoms with van der Waals surface area (Å²) in [4.78, 5) is 26.0. The van der Waals surface area contributed by atoms with Crippen LogP contribution in [0.4, 0.5) is 4.79 Å². The number of benzene rings is 1. The van der Waals surface area contributed by atoms with Crippen LogP contribution in [0.15, 0.2) is 30.3 Å². The highest BCUT2D eigenvalue weighted by atomic mass is 16.6. The lowest BCUT2D eigenvalue weighted by Gasteiger charge is -2.38. The lowest BCUT2D eigenvalue weighted by atomic mass is 10.1. The fourth-order valence-electron chi connectivity index (χ4n) is 3.28. The summed E-state index contributed by atoms with van der Waals surface area (Å²) in [6.07, 6.45) is 1.32. The molecule has 22 heavy (non-hydrogen) atoms. The quantitative estimate of drug-likeness (QED) is 0.853. The van der Waals surface area contributed by atoms with Gasteiger partial charge in [-0.05, 0) is 18.4 Å². The number of fused-ring (bicyclic) bond motifs is 2. The molecule has 3 rings (SSSR count). The molecule has 0 aliphatic carbocycles. The Balaban J connectivity index is 1.65. The number of carbonyl (C=O) groups excluding carboxylic acids is 2. The highest BCUT2D eigenvalue weighted by molar-refractivity contribution is 5.79. The first-order valence-electron chi connectivity index (χ1n) is 7.51. The number of piperazine rings is 1. The second-order valence-electron chi connectivity index (χ2n) is 5.66. The normalized spacial score (nSPS) is 26.6. The number of nitrogens with zero attached hydrogens (tertiary/aromatic N) is 1. The zero-order valence-corrected chi connectivity index (χ0v) is 12.5. The summed E-state index contributed by atoms with van der Waals surface area (Å²) in [5.74, 6) is -0.328. The molecule has 3 atom stereocenters. The monoisotopic (exact) mass is 304 g/mol. The fourth-order valence-corrected chi connectivity index (χ4v) is 3.28. The summed E-state index contributed by atoms with van der Waals surface area (Å²) in [6.45, 7) is 0.836. The zero-order chi connectivity index (χ0) is 15.5. The smallest absolute Gasteiger partial charge is 0.410 e. The van der Waals surface area contributed by atoms with Crippen LogP contribution in [-0.4, -0.2) is 48.7 Å². The predicted molar refractivity (Wildman–Crippen MR) is 79.1 cm³/mol. The maximum absolute atomic E-state index is 12.4. The molecule has 118 valence electrons. The van der Waals surface area contributed by atoms with Crippen LogP contribution in [-0.2, 0) is 20.9 Å². The molecular weight excluding hydrogens is 284 g/mol. The molecule has 6 nitrogen and oxygen atoms in total. The van der Waals surface area contributed by atoms with Gasteiger partial charge in [0, 0.05) is 12.6 Å². The van der Waals surface area contributed by atoms with Crippen LogP contribution < -0.4 is 5.32 Å². The number of carbonyl (C=O) groups is 2. The molecular formula is C16H20N2O4. The van der Waals surface area contributed by atoms with Crippen molar-refractivity contribution in [1.29, 1.82) is 0 Å². The molecule has 0 saturated carbocycles. The van der Waals surface area contributed by atoms with Gasteiger partial charge in [-0.25, -0.2) is 4.79 Å². The number of amides is 1. The number of rotatable bonds is 3. The van der Waals surface area contributed by atoms with E-state index >= 15 is 0 Å². The number of ether oxygens (including phenoxy) is 2. The first-order chi connectivity index (χ1) is 10.7. The van der Waals surface area contributed by atoms with Gasteiger partial charge in [-0.1, -0.05) is 30.3 Å². The molecule has 0 radical (unpaired) electrons. The van der Waals surface area contributed by atoms with E-state index < -0.39 is 6.04 Å². The molecule has 2 bridgehead atoms. The minimum Gasteiger partial charge on any atom is -0.468 e. The van der Waals surface area contributed by atoms with Crippen LogP contribution in [0.3, 0.4) is 0 Å². The summed E-state index contributed by atoms with van der Waals surface area (Å²) < 4.78 is 10.2. The van der Waals surface area contributed by atoms with E-state index in [-0.39, 0.29) is 30.8 Å². The van der Waals surface area contributed by atoms with Gasteiger partial charge < -0.3 is 14.8 Å². The first-order valence-corrected chi connectivity index (χ1v) is 7.51. The average Bonchev–Trinajstić information content (AvgIpc) is 2.86. The minimum atomic E-state index is -0.465. The lowest BCUT2D eigenvalue weighted by Crippen LogP contribution is -2.62. The SMILES string of the molecule is COC(=O)[C@@H]1NC[C@@H]2CC[C@H]1N2C(=O)OCc1ccccc1. The van der Waals surface area contributed by atoms with E-state index in [1.807, 2.05) is 30.3 Å². The molecule has 2 heterocycles. The fraction of sp³-hybridized carbons (Fsp3) is 0.500. The summed E-state index contributed by atoms with van der Waals surface area (Å²) in [7, 11) is 1.36. The van der Waals surface area contributed by atoms with Crippen molar-refractivity contribution in [3.8, 4) is 0 Å². The lowest BCUT2D eigenvalue weighted by molar-refractivity contribution is -0.145. The van der Waals surface area contributed by atoms with Crippen LogP contribution >= 0.6 is 0 Å². The third-order valence-electron chi connectivity index (χ3n) is 4.38. The van der Waals surface area contributed by atoms with Crippen molar-refractivity contribution in [3.63, 3.8) is 0 Å². The number of hydrogen-bond acceptors (Lipinski definition) is 5. The van der Waals surface area contributed by atoms with E-state index in [4.69, 9.17) is 9.47 Å². The molecule has 6 heteroatoms. The molecule has 0 spiro atoms. The van der Waals surface area contributed by atoms with Crippen molar-refractivity contribution in [2.45, 2.75) is 37.6 Å². The average molecular weight is 304 g/mol. The van der Waals surface area contributed by atoms with Crippen LogP contribution in [0.1, 0.15) is 18.4 Å². The summed E-state index contributed by atoms with van der Waals surface area (Å²) in [6, 6.07) is 9.00. The molecule has 2 saturated heterocycles. The standard InChI is InChI=1S/C16H20N2O4/c1-21-15(19)14-13-8-7-12(9-17-14)18(13)16(20)22-10-11-5-3-2-4-6-11/h2-6,12-14,17H,7-10H2,1H3/t12-,13+,14+/m0/s1. The molecule has 2 aliphatic heterocycles. The third kappa shape index (κ3) is 2.78. The van der Waals surface area contributed by atoms with Crippen LogP contribution in [0, 0.1) is 0 Å². The Morgan fingerprint density at radius 2 is 2.05 bits per heavy atom. The molecule has 0 aromatic heterocycles. The second kappa shape index (κ2) is 6.36. The van der Waals surface area contributed by atoms with E-state index in [0.717, 1.165) is 18.4 Å². The molecule has 2 fully saturated rings. The number of methoxy groups -OCH3 is 1.